The van der Waals surface area contributed by atoms with Crippen LogP contribution in [0.1, 0.15) is 15.6 Å². The molecule has 1 aromatic heterocycles. The average Bonchev–Trinajstić information content (AvgIpc) is 2.67. The van der Waals surface area contributed by atoms with Gasteiger partial charge in [-0.3, -0.25) is 0 Å². The third-order valence-electron chi connectivity index (χ3n) is 2.67. The molecule has 1 aromatic carbocycles. The van der Waals surface area contributed by atoms with Crippen LogP contribution in [-0.4, -0.2) is 22.8 Å². The number of nitrogens with zero attached hydrogens (tertiary/aromatic N) is 1. The lowest BCUT2D eigenvalue weighted by Crippen LogP contribution is -2.20. The number of ether oxygens (including phenoxy) is 1. The molecule has 0 fully saturated rings. The zero-order valence-electron chi connectivity index (χ0n) is 10.6. The number of hydrogen-bond acceptors (Lipinski definition) is 4. The minimum absolute atomic E-state index is 0.293. The number of thiazole rings is 1. The van der Waals surface area contributed by atoms with E-state index in [0.717, 1.165) is 16.5 Å². The van der Waals surface area contributed by atoms with Crippen molar-refractivity contribution >= 4 is 11.3 Å². The Balaban J connectivity index is 1.84. The molecular weight excluding hydrogens is 246 g/mol. The molecule has 1 heterocycles. The molecule has 0 saturated carbocycles. The van der Waals surface area contributed by atoms with Gasteiger partial charge in [0.05, 0.1) is 16.8 Å². The van der Waals surface area contributed by atoms with E-state index in [4.69, 9.17) is 4.74 Å². The Bertz CT molecular complexity index is 476. The van der Waals surface area contributed by atoms with Crippen LogP contribution in [0.4, 0.5) is 0 Å². The number of aromatic nitrogens is 1. The maximum absolute atomic E-state index is 9.91. The predicted octanol–water partition coefficient (Wildman–Crippen LogP) is 2.74. The summed E-state index contributed by atoms with van der Waals surface area (Å²) in [7, 11) is 0. The van der Waals surface area contributed by atoms with Gasteiger partial charge in [-0.2, -0.15) is 0 Å². The van der Waals surface area contributed by atoms with Crippen LogP contribution >= 0.6 is 11.3 Å². The number of hydrogen-bond donors (Lipinski definition) is 1. The largest absolute Gasteiger partial charge is 0.491 e. The van der Waals surface area contributed by atoms with Crippen molar-refractivity contribution in [3.05, 3.63) is 45.9 Å². The van der Waals surface area contributed by atoms with Gasteiger partial charge in [0.1, 0.15) is 12.4 Å². The lowest BCUT2D eigenvalue weighted by atomic mass is 10.3. The van der Waals surface area contributed by atoms with Gasteiger partial charge in [0.15, 0.2) is 0 Å². The summed E-state index contributed by atoms with van der Waals surface area (Å²) in [6.45, 7) is 4.33. The molecule has 0 aliphatic rings. The summed E-state index contributed by atoms with van der Waals surface area (Å²) in [5, 5.41) is 10.9. The topological polar surface area (TPSA) is 42.4 Å². The normalized spacial score (nSPS) is 12.4. The van der Waals surface area contributed by atoms with Gasteiger partial charge in [-0.25, -0.2) is 4.98 Å². The van der Waals surface area contributed by atoms with Crippen molar-refractivity contribution in [3.8, 4) is 5.75 Å². The van der Waals surface area contributed by atoms with Crippen LogP contribution in [0.3, 0.4) is 0 Å². The number of aliphatic hydroxyl groups excluding tert-OH is 1. The Morgan fingerprint density at radius 2 is 2.00 bits per heavy atom. The summed E-state index contributed by atoms with van der Waals surface area (Å²) in [4.78, 5) is 5.62. The van der Waals surface area contributed by atoms with Gasteiger partial charge in [-0.15, -0.1) is 11.3 Å². The number of rotatable bonds is 5. The molecule has 0 saturated heterocycles. The second-order valence-electron chi connectivity index (χ2n) is 4.23. The lowest BCUT2D eigenvalue weighted by molar-refractivity contribution is 0.107. The van der Waals surface area contributed by atoms with Crippen LogP contribution in [0.2, 0.25) is 0 Å². The monoisotopic (exact) mass is 263 g/mol. The van der Waals surface area contributed by atoms with E-state index in [1.165, 1.54) is 4.88 Å². The molecular formula is C14H17NO2S. The fraction of sp³-hybridized carbons (Fsp3) is 0.357. The second-order valence-corrected chi connectivity index (χ2v) is 5.52. The molecule has 0 spiro atoms. The smallest absolute Gasteiger partial charge is 0.119 e. The van der Waals surface area contributed by atoms with Crippen LogP contribution in [-0.2, 0) is 6.42 Å². The highest BCUT2D eigenvalue weighted by Crippen LogP contribution is 2.18. The third kappa shape index (κ3) is 3.55. The van der Waals surface area contributed by atoms with Crippen molar-refractivity contribution in [2.24, 2.45) is 0 Å². The van der Waals surface area contributed by atoms with E-state index in [1.807, 2.05) is 44.2 Å². The first-order valence-electron chi connectivity index (χ1n) is 5.94. The fourth-order valence-electron chi connectivity index (χ4n) is 1.60. The highest BCUT2D eigenvalue weighted by Gasteiger charge is 2.11. The molecule has 0 aliphatic heterocycles. The van der Waals surface area contributed by atoms with Crippen LogP contribution in [0.5, 0.6) is 5.75 Å². The quantitative estimate of drug-likeness (QED) is 0.902. The van der Waals surface area contributed by atoms with E-state index in [2.05, 4.69) is 4.98 Å². The van der Waals surface area contributed by atoms with Crippen molar-refractivity contribution < 1.29 is 9.84 Å². The molecule has 4 heteroatoms. The molecule has 96 valence electrons. The Kier molecular flexibility index (Phi) is 4.33. The third-order valence-corrected chi connectivity index (χ3v) is 3.76. The number of para-hydroxylation sites is 1. The first-order valence-corrected chi connectivity index (χ1v) is 6.75. The lowest BCUT2D eigenvalue weighted by Gasteiger charge is -2.10. The minimum Gasteiger partial charge on any atom is -0.491 e. The molecule has 18 heavy (non-hydrogen) atoms. The second kappa shape index (κ2) is 5.98. The van der Waals surface area contributed by atoms with Gasteiger partial charge in [-0.05, 0) is 26.0 Å². The molecule has 0 aliphatic carbocycles. The summed E-state index contributed by atoms with van der Waals surface area (Å²) in [6, 6.07) is 9.52. The van der Waals surface area contributed by atoms with Gasteiger partial charge in [0, 0.05) is 11.3 Å². The molecule has 0 bridgehead atoms. The molecule has 1 unspecified atom stereocenters. The van der Waals surface area contributed by atoms with Crippen LogP contribution < -0.4 is 4.74 Å². The SMILES string of the molecule is Cc1nc(CC(O)COc2ccccc2)sc1C. The number of aryl methyl sites for hydroxylation is 2. The first kappa shape index (κ1) is 13.1. The predicted molar refractivity (Wildman–Crippen MR) is 73.2 cm³/mol. The van der Waals surface area contributed by atoms with Crippen LogP contribution in [0.15, 0.2) is 30.3 Å². The van der Waals surface area contributed by atoms with E-state index in [1.54, 1.807) is 11.3 Å². The Morgan fingerprint density at radius 3 is 2.61 bits per heavy atom. The van der Waals surface area contributed by atoms with Gasteiger partial charge in [0.25, 0.3) is 0 Å². The minimum atomic E-state index is -0.518. The summed E-state index contributed by atoms with van der Waals surface area (Å²) >= 11 is 1.64. The van der Waals surface area contributed by atoms with Crippen molar-refractivity contribution in [1.82, 2.24) is 4.98 Å². The summed E-state index contributed by atoms with van der Waals surface area (Å²) in [6.07, 6.45) is 0.0294. The summed E-state index contributed by atoms with van der Waals surface area (Å²) in [5.41, 5.74) is 1.05. The highest BCUT2D eigenvalue weighted by molar-refractivity contribution is 7.11. The number of benzene rings is 1. The van der Waals surface area contributed by atoms with Gasteiger partial charge in [0.2, 0.25) is 0 Å². The number of aliphatic hydroxyl groups is 1. The molecule has 0 radical (unpaired) electrons. The maximum Gasteiger partial charge on any atom is 0.119 e. The molecule has 1 N–H and O–H groups in total. The van der Waals surface area contributed by atoms with Crippen molar-refractivity contribution in [2.75, 3.05) is 6.61 Å². The molecule has 0 amide bonds. The van der Waals surface area contributed by atoms with Crippen molar-refractivity contribution in [2.45, 2.75) is 26.4 Å². The Morgan fingerprint density at radius 1 is 1.28 bits per heavy atom. The van der Waals surface area contributed by atoms with Gasteiger partial charge in [-0.1, -0.05) is 18.2 Å². The molecule has 2 aromatic rings. The van der Waals surface area contributed by atoms with Gasteiger partial charge >= 0.3 is 0 Å². The van der Waals surface area contributed by atoms with Crippen molar-refractivity contribution in [1.29, 1.82) is 0 Å². The zero-order valence-corrected chi connectivity index (χ0v) is 11.4. The van der Waals surface area contributed by atoms with E-state index in [-0.39, 0.29) is 0 Å². The fourth-order valence-corrected chi connectivity index (χ4v) is 2.60. The summed E-state index contributed by atoms with van der Waals surface area (Å²) < 4.78 is 5.50. The standard InChI is InChI=1S/C14H17NO2S/c1-10-11(2)18-14(15-10)8-12(16)9-17-13-6-4-3-5-7-13/h3-7,12,16H,8-9H2,1-2H3. The van der Waals surface area contributed by atoms with Crippen LogP contribution in [0.25, 0.3) is 0 Å². The zero-order chi connectivity index (χ0) is 13.0. The Labute approximate surface area is 111 Å². The highest BCUT2D eigenvalue weighted by atomic mass is 32.1. The van der Waals surface area contributed by atoms with Gasteiger partial charge < -0.3 is 9.84 Å². The molecule has 3 nitrogen and oxygen atoms in total. The average molecular weight is 263 g/mol. The van der Waals surface area contributed by atoms with Crippen molar-refractivity contribution in [3.63, 3.8) is 0 Å². The summed E-state index contributed by atoms with van der Waals surface area (Å²) in [5.74, 6) is 0.781. The van der Waals surface area contributed by atoms with E-state index < -0.39 is 6.10 Å². The van der Waals surface area contributed by atoms with Crippen LogP contribution in [0, 0.1) is 13.8 Å². The van der Waals surface area contributed by atoms with E-state index >= 15 is 0 Å². The first-order chi connectivity index (χ1) is 8.65. The molecule has 2 rings (SSSR count). The maximum atomic E-state index is 9.91. The van der Waals surface area contributed by atoms with E-state index in [9.17, 15) is 5.11 Å². The molecule has 1 atom stereocenters. The Hall–Kier alpha value is -1.39. The van der Waals surface area contributed by atoms with E-state index in [0.29, 0.717) is 13.0 Å².